The van der Waals surface area contributed by atoms with Crippen LogP contribution < -0.4 is 5.73 Å². The first-order valence-corrected chi connectivity index (χ1v) is 9.72. The highest BCUT2D eigenvalue weighted by molar-refractivity contribution is 5.82. The Kier molecular flexibility index (Phi) is 7.13. The lowest BCUT2D eigenvalue weighted by Gasteiger charge is -2.24. The lowest BCUT2D eigenvalue weighted by atomic mass is 10.1. The second-order valence-electron chi connectivity index (χ2n) is 7.18. The molecule has 2 aromatic rings. The van der Waals surface area contributed by atoms with Gasteiger partial charge in [-0.3, -0.25) is 9.69 Å². The van der Waals surface area contributed by atoms with Gasteiger partial charge < -0.3 is 19.9 Å². The molecule has 0 radical (unpaired) electrons. The van der Waals surface area contributed by atoms with Gasteiger partial charge >= 0.3 is 0 Å². The summed E-state index contributed by atoms with van der Waals surface area (Å²) in [6, 6.07) is 9.38. The summed E-state index contributed by atoms with van der Waals surface area (Å²) in [7, 11) is 1.61. The Balaban J connectivity index is 1.51. The average Bonchev–Trinajstić information content (AvgIpc) is 3.05. The molecular formula is C20H29N5O3. The Morgan fingerprint density at radius 3 is 2.79 bits per heavy atom. The van der Waals surface area contributed by atoms with Gasteiger partial charge in [0.15, 0.2) is 5.82 Å². The van der Waals surface area contributed by atoms with E-state index >= 15 is 0 Å². The Bertz CT molecular complexity index is 751. The predicted octanol–water partition coefficient (Wildman–Crippen LogP) is 1.38. The normalized spacial score (nSPS) is 17.9. The summed E-state index contributed by atoms with van der Waals surface area (Å²) in [6.45, 7) is 5.44. The van der Waals surface area contributed by atoms with E-state index < -0.39 is 6.04 Å². The summed E-state index contributed by atoms with van der Waals surface area (Å²) < 4.78 is 10.5. The highest BCUT2D eigenvalue weighted by atomic mass is 16.5. The molecule has 1 amide bonds. The Labute approximate surface area is 165 Å². The van der Waals surface area contributed by atoms with Crippen molar-refractivity contribution in [3.63, 3.8) is 0 Å². The van der Waals surface area contributed by atoms with E-state index in [1.807, 2.05) is 42.2 Å². The van der Waals surface area contributed by atoms with E-state index in [0.717, 1.165) is 25.1 Å². The minimum atomic E-state index is -0.511. The second-order valence-corrected chi connectivity index (χ2v) is 7.18. The molecule has 2 N–H and O–H groups in total. The Hall–Kier alpha value is -2.29. The summed E-state index contributed by atoms with van der Waals surface area (Å²) in [5.41, 5.74) is 7.26. The van der Waals surface area contributed by atoms with Crippen LogP contribution in [0, 0.1) is 0 Å². The number of methoxy groups -OCH3 is 1. The van der Waals surface area contributed by atoms with Crippen LogP contribution in [0.2, 0.25) is 0 Å². The number of carbonyl (C=O) groups excluding carboxylic acids is 1. The molecule has 1 aromatic carbocycles. The Morgan fingerprint density at radius 2 is 2.04 bits per heavy atom. The number of carbonyl (C=O) groups is 1. The molecule has 2 heterocycles. The van der Waals surface area contributed by atoms with Gasteiger partial charge in [-0.2, -0.15) is 4.98 Å². The zero-order chi connectivity index (χ0) is 19.9. The summed E-state index contributed by atoms with van der Waals surface area (Å²) in [5, 5.41) is 3.96. The van der Waals surface area contributed by atoms with Crippen molar-refractivity contribution < 1.29 is 14.1 Å². The average molecular weight is 387 g/mol. The minimum absolute atomic E-state index is 0.0136. The van der Waals surface area contributed by atoms with E-state index in [9.17, 15) is 4.79 Å². The van der Waals surface area contributed by atoms with Crippen molar-refractivity contribution >= 4 is 5.91 Å². The molecule has 0 spiro atoms. The molecule has 8 heteroatoms. The van der Waals surface area contributed by atoms with E-state index in [4.69, 9.17) is 15.0 Å². The maximum absolute atomic E-state index is 12.8. The first kappa shape index (κ1) is 20.4. The molecule has 28 heavy (non-hydrogen) atoms. The molecule has 8 nitrogen and oxygen atoms in total. The predicted molar refractivity (Wildman–Crippen MR) is 104 cm³/mol. The molecule has 0 aliphatic carbocycles. The van der Waals surface area contributed by atoms with Gasteiger partial charge in [0.25, 0.3) is 0 Å². The number of hydrogen-bond acceptors (Lipinski definition) is 7. The van der Waals surface area contributed by atoms with Crippen LogP contribution >= 0.6 is 0 Å². The molecule has 1 fully saturated rings. The molecule has 2 atom stereocenters. The van der Waals surface area contributed by atoms with Crippen molar-refractivity contribution in [1.82, 2.24) is 19.9 Å². The van der Waals surface area contributed by atoms with E-state index in [0.29, 0.717) is 37.8 Å². The van der Waals surface area contributed by atoms with Gasteiger partial charge in [0.1, 0.15) is 6.10 Å². The molecule has 2 unspecified atom stereocenters. The smallest absolute Gasteiger partial charge is 0.240 e. The molecule has 152 valence electrons. The van der Waals surface area contributed by atoms with Crippen LogP contribution in [0.1, 0.15) is 36.7 Å². The van der Waals surface area contributed by atoms with Crippen molar-refractivity contribution in [1.29, 1.82) is 0 Å². The fourth-order valence-electron chi connectivity index (χ4n) is 3.33. The number of benzene rings is 1. The van der Waals surface area contributed by atoms with Crippen molar-refractivity contribution in [2.45, 2.75) is 38.5 Å². The molecule has 1 aliphatic rings. The van der Waals surface area contributed by atoms with Crippen molar-refractivity contribution in [3.8, 4) is 0 Å². The molecule has 3 rings (SSSR count). The lowest BCUT2D eigenvalue weighted by molar-refractivity contribution is -0.132. The largest absolute Gasteiger partial charge is 0.374 e. The van der Waals surface area contributed by atoms with Crippen molar-refractivity contribution in [3.05, 3.63) is 47.6 Å². The van der Waals surface area contributed by atoms with Gasteiger partial charge in [0.05, 0.1) is 12.6 Å². The molecule has 0 saturated carbocycles. The number of nitrogens with two attached hydrogens (primary N) is 1. The molecule has 0 bridgehead atoms. The maximum Gasteiger partial charge on any atom is 0.240 e. The lowest BCUT2D eigenvalue weighted by Crippen LogP contribution is -2.46. The van der Waals surface area contributed by atoms with Crippen LogP contribution in [0.25, 0.3) is 0 Å². The quantitative estimate of drug-likeness (QED) is 0.766. The highest BCUT2D eigenvalue weighted by Gasteiger charge is 2.25. The fourth-order valence-corrected chi connectivity index (χ4v) is 3.33. The van der Waals surface area contributed by atoms with Gasteiger partial charge in [-0.15, -0.1) is 0 Å². The van der Waals surface area contributed by atoms with E-state index in [-0.39, 0.29) is 12.0 Å². The summed E-state index contributed by atoms with van der Waals surface area (Å²) in [6.07, 6.45) is 1.25. The van der Waals surface area contributed by atoms with Gasteiger partial charge in [-0.1, -0.05) is 35.5 Å². The number of hydrogen-bond donors (Lipinski definition) is 1. The second kappa shape index (κ2) is 9.77. The SMILES string of the molecule is COC(C)c1noc(CN2CCCN(C(=O)C(N)Cc3ccccc3)CC2)n1. The Morgan fingerprint density at radius 1 is 1.25 bits per heavy atom. The first-order valence-electron chi connectivity index (χ1n) is 9.72. The highest BCUT2D eigenvalue weighted by Crippen LogP contribution is 2.14. The van der Waals surface area contributed by atoms with Crippen molar-refractivity contribution in [2.24, 2.45) is 5.73 Å². The van der Waals surface area contributed by atoms with Gasteiger partial charge in [0, 0.05) is 33.3 Å². The summed E-state index contributed by atoms with van der Waals surface area (Å²) in [4.78, 5) is 21.3. The maximum atomic E-state index is 12.8. The zero-order valence-electron chi connectivity index (χ0n) is 16.6. The van der Waals surface area contributed by atoms with Crippen LogP contribution in [-0.4, -0.2) is 65.2 Å². The number of amides is 1. The molecule has 1 saturated heterocycles. The monoisotopic (exact) mass is 387 g/mol. The number of nitrogens with zero attached hydrogens (tertiary/aromatic N) is 4. The van der Waals surface area contributed by atoms with Crippen LogP contribution in [-0.2, 0) is 22.5 Å². The standard InChI is InChI=1S/C20H29N5O3/c1-15(27-2)19-22-18(28-23-19)14-24-9-6-10-25(12-11-24)20(26)17(21)13-16-7-4-3-5-8-16/h3-5,7-8,15,17H,6,9-14,21H2,1-2H3. The summed E-state index contributed by atoms with van der Waals surface area (Å²) in [5.74, 6) is 1.13. The van der Waals surface area contributed by atoms with Gasteiger partial charge in [-0.25, -0.2) is 0 Å². The van der Waals surface area contributed by atoms with Crippen LogP contribution in [0.3, 0.4) is 0 Å². The van der Waals surface area contributed by atoms with Gasteiger partial charge in [0.2, 0.25) is 11.8 Å². The third-order valence-corrected chi connectivity index (χ3v) is 5.08. The number of aromatic nitrogens is 2. The molecule has 1 aliphatic heterocycles. The van der Waals surface area contributed by atoms with Crippen LogP contribution in [0.15, 0.2) is 34.9 Å². The van der Waals surface area contributed by atoms with E-state index in [2.05, 4.69) is 15.0 Å². The van der Waals surface area contributed by atoms with E-state index in [1.165, 1.54) is 0 Å². The summed E-state index contributed by atoms with van der Waals surface area (Å²) >= 11 is 0. The fraction of sp³-hybridized carbons (Fsp3) is 0.550. The zero-order valence-corrected chi connectivity index (χ0v) is 16.6. The third-order valence-electron chi connectivity index (χ3n) is 5.08. The third kappa shape index (κ3) is 5.37. The van der Waals surface area contributed by atoms with Crippen LogP contribution in [0.4, 0.5) is 0 Å². The number of rotatable bonds is 7. The van der Waals surface area contributed by atoms with Crippen LogP contribution in [0.5, 0.6) is 0 Å². The van der Waals surface area contributed by atoms with E-state index in [1.54, 1.807) is 7.11 Å². The topological polar surface area (TPSA) is 97.7 Å². The number of ether oxygens (including phenoxy) is 1. The molecule has 1 aromatic heterocycles. The first-order chi connectivity index (χ1) is 13.6. The van der Waals surface area contributed by atoms with Crippen molar-refractivity contribution in [2.75, 3.05) is 33.3 Å². The minimum Gasteiger partial charge on any atom is -0.374 e. The molecular weight excluding hydrogens is 358 g/mol. The van der Waals surface area contributed by atoms with Gasteiger partial charge in [-0.05, 0) is 25.3 Å².